The number of carbonyl (C=O) groups is 2. The molecule has 0 radical (unpaired) electrons. The summed E-state index contributed by atoms with van der Waals surface area (Å²) in [5.74, 6) is -0.793. The van der Waals surface area contributed by atoms with E-state index in [0.29, 0.717) is 32.4 Å². The largest absolute Gasteiger partial charge is 0.435 e. The average molecular weight is 446 g/mol. The van der Waals surface area contributed by atoms with Crippen molar-refractivity contribution in [2.45, 2.75) is 52.4 Å². The fourth-order valence-electron chi connectivity index (χ4n) is 3.19. The zero-order valence-corrected chi connectivity index (χ0v) is 17.3. The predicted molar refractivity (Wildman–Crippen MR) is 106 cm³/mol. The molecule has 1 saturated heterocycles. The van der Waals surface area contributed by atoms with Crippen LogP contribution in [0.5, 0.6) is 11.5 Å². The fourth-order valence-corrected chi connectivity index (χ4v) is 3.19. The molecule has 0 bridgehead atoms. The van der Waals surface area contributed by atoms with Gasteiger partial charge in [-0.3, -0.25) is 9.59 Å². The zero-order chi connectivity index (χ0) is 23.0. The van der Waals surface area contributed by atoms with Gasteiger partial charge in [0.25, 0.3) is 0 Å². The highest BCUT2D eigenvalue weighted by Crippen LogP contribution is 2.28. The Balaban J connectivity index is 1.93. The van der Waals surface area contributed by atoms with Crippen molar-refractivity contribution in [3.63, 3.8) is 0 Å². The normalized spacial score (nSPS) is 15.2. The van der Waals surface area contributed by atoms with Crippen LogP contribution in [-0.4, -0.2) is 49.1 Å². The number of nitrogens with one attached hydrogen (secondary N) is 1. The summed E-state index contributed by atoms with van der Waals surface area (Å²) in [6.45, 7) is -1.22. The van der Waals surface area contributed by atoms with Crippen LogP contribution in [0.3, 0.4) is 0 Å². The van der Waals surface area contributed by atoms with Gasteiger partial charge in [0, 0.05) is 43.3 Å². The third-order valence-electron chi connectivity index (χ3n) is 4.62. The lowest BCUT2D eigenvalue weighted by Gasteiger charge is -2.32. The van der Waals surface area contributed by atoms with E-state index in [0.717, 1.165) is 18.2 Å². The summed E-state index contributed by atoms with van der Waals surface area (Å²) in [5, 5.41) is 2.81. The lowest BCUT2D eigenvalue weighted by molar-refractivity contribution is -0.133. The molecule has 1 aromatic rings. The summed E-state index contributed by atoms with van der Waals surface area (Å²) < 4.78 is 58.4. The van der Waals surface area contributed by atoms with Crippen LogP contribution in [0, 0.1) is 5.92 Å². The summed E-state index contributed by atoms with van der Waals surface area (Å²) in [6, 6.07) is 3.18. The Bertz CT molecular complexity index is 779. The van der Waals surface area contributed by atoms with Crippen LogP contribution in [0.25, 0.3) is 6.08 Å². The van der Waals surface area contributed by atoms with E-state index < -0.39 is 24.9 Å². The monoisotopic (exact) mass is 446 g/mol. The van der Waals surface area contributed by atoms with Crippen molar-refractivity contribution in [1.29, 1.82) is 0 Å². The summed E-state index contributed by atoms with van der Waals surface area (Å²) in [7, 11) is 0. The molecule has 2 rings (SSSR count). The van der Waals surface area contributed by atoms with E-state index in [1.54, 1.807) is 4.90 Å². The molecule has 1 aliphatic rings. The maximum absolute atomic E-state index is 12.6. The number of nitrogens with zero attached hydrogens (tertiary/aromatic N) is 1. The highest BCUT2D eigenvalue weighted by Gasteiger charge is 2.23. The van der Waals surface area contributed by atoms with Crippen molar-refractivity contribution in [2.75, 3.05) is 13.1 Å². The van der Waals surface area contributed by atoms with Crippen LogP contribution in [-0.2, 0) is 9.59 Å². The Morgan fingerprint density at radius 3 is 2.35 bits per heavy atom. The lowest BCUT2D eigenvalue weighted by Crippen LogP contribution is -2.46. The molecule has 1 heterocycles. The van der Waals surface area contributed by atoms with Gasteiger partial charge in [0.15, 0.2) is 0 Å². The van der Waals surface area contributed by atoms with Gasteiger partial charge in [0.1, 0.15) is 11.5 Å². The molecule has 1 fully saturated rings. The molecule has 0 unspecified atom stereocenters. The van der Waals surface area contributed by atoms with E-state index in [1.165, 1.54) is 12.1 Å². The molecule has 1 N–H and O–H groups in total. The number of hydrogen-bond acceptors (Lipinski definition) is 4. The molecule has 172 valence electrons. The number of carbonyl (C=O) groups excluding carboxylic acids is 2. The van der Waals surface area contributed by atoms with Crippen molar-refractivity contribution < 1.29 is 36.6 Å². The first-order valence-corrected chi connectivity index (χ1v) is 9.94. The zero-order valence-electron chi connectivity index (χ0n) is 17.3. The minimum absolute atomic E-state index is 0.102. The van der Waals surface area contributed by atoms with Gasteiger partial charge in [0.2, 0.25) is 11.8 Å². The molecule has 0 spiro atoms. The Labute approximate surface area is 178 Å². The Hall–Kier alpha value is -2.78. The molecule has 31 heavy (non-hydrogen) atoms. The van der Waals surface area contributed by atoms with Crippen LogP contribution in [0.2, 0.25) is 0 Å². The van der Waals surface area contributed by atoms with Gasteiger partial charge in [-0.2, -0.15) is 17.6 Å². The summed E-state index contributed by atoms with van der Waals surface area (Å²) >= 11 is 0. The number of benzene rings is 1. The second-order valence-corrected chi connectivity index (χ2v) is 7.55. The van der Waals surface area contributed by atoms with E-state index in [-0.39, 0.29) is 29.2 Å². The van der Waals surface area contributed by atoms with Crippen molar-refractivity contribution in [1.82, 2.24) is 10.2 Å². The fraction of sp³-hybridized carbons (Fsp3) is 0.524. The minimum atomic E-state index is -3.17. The van der Waals surface area contributed by atoms with Crippen LogP contribution in [0.1, 0.15) is 38.7 Å². The van der Waals surface area contributed by atoms with E-state index in [1.807, 2.05) is 13.8 Å². The van der Waals surface area contributed by atoms with E-state index in [9.17, 15) is 27.2 Å². The van der Waals surface area contributed by atoms with Gasteiger partial charge in [-0.25, -0.2) is 0 Å². The van der Waals surface area contributed by atoms with Crippen LogP contribution >= 0.6 is 0 Å². The quantitative estimate of drug-likeness (QED) is 0.459. The number of rotatable bonds is 9. The molecular formula is C21H26F4N2O4. The first kappa shape index (κ1) is 24.5. The first-order chi connectivity index (χ1) is 14.6. The van der Waals surface area contributed by atoms with Gasteiger partial charge in [-0.1, -0.05) is 13.8 Å². The van der Waals surface area contributed by atoms with E-state index in [2.05, 4.69) is 14.8 Å². The standard InChI is InChI=1S/C21H26F4N2O4/c1-13(2)11-19(29)27-9-7-15(8-10-27)26-18(28)6-4-14-3-5-16(30-20(22)23)12-17(14)31-21(24)25/h3-6,12-13,15,20-21H,7-11H2,1-2H3,(H,26,28)/b6-4+. The Morgan fingerprint density at radius 2 is 1.77 bits per heavy atom. The summed E-state index contributed by atoms with van der Waals surface area (Å²) in [4.78, 5) is 26.1. The first-order valence-electron chi connectivity index (χ1n) is 9.94. The number of ether oxygens (including phenoxy) is 2. The van der Waals surface area contributed by atoms with Crippen molar-refractivity contribution >= 4 is 17.9 Å². The number of hydrogen-bond donors (Lipinski definition) is 1. The third kappa shape index (κ3) is 8.47. The number of piperidine rings is 1. The van der Waals surface area contributed by atoms with E-state index in [4.69, 9.17) is 0 Å². The second-order valence-electron chi connectivity index (χ2n) is 7.55. The SMILES string of the molecule is CC(C)CC(=O)N1CCC(NC(=O)/C=C/c2ccc(OC(F)F)cc2OC(F)F)CC1. The molecule has 1 aromatic carbocycles. The van der Waals surface area contributed by atoms with Crippen molar-refractivity contribution in [2.24, 2.45) is 5.92 Å². The molecule has 6 nitrogen and oxygen atoms in total. The molecule has 0 saturated carbocycles. The topological polar surface area (TPSA) is 67.9 Å². The number of likely N-dealkylation sites (tertiary alicyclic amines) is 1. The third-order valence-corrected chi connectivity index (χ3v) is 4.62. The molecule has 0 aliphatic carbocycles. The molecule has 1 aliphatic heterocycles. The Morgan fingerprint density at radius 1 is 1.13 bits per heavy atom. The maximum atomic E-state index is 12.6. The van der Waals surface area contributed by atoms with Crippen LogP contribution in [0.15, 0.2) is 24.3 Å². The molecule has 2 amide bonds. The maximum Gasteiger partial charge on any atom is 0.387 e. The average Bonchev–Trinajstić information content (AvgIpc) is 2.66. The van der Waals surface area contributed by atoms with Gasteiger partial charge >= 0.3 is 13.2 Å². The van der Waals surface area contributed by atoms with Gasteiger partial charge in [-0.15, -0.1) is 0 Å². The van der Waals surface area contributed by atoms with Crippen molar-refractivity contribution in [3.8, 4) is 11.5 Å². The van der Waals surface area contributed by atoms with Gasteiger partial charge in [-0.05, 0) is 37.0 Å². The minimum Gasteiger partial charge on any atom is -0.435 e. The highest BCUT2D eigenvalue weighted by atomic mass is 19.3. The molecule has 10 heteroatoms. The molecule has 0 atom stereocenters. The summed E-state index contributed by atoms with van der Waals surface area (Å²) in [5.41, 5.74) is 0.103. The Kier molecular flexibility index (Phi) is 9.14. The van der Waals surface area contributed by atoms with Crippen LogP contribution < -0.4 is 14.8 Å². The highest BCUT2D eigenvalue weighted by molar-refractivity contribution is 5.92. The smallest absolute Gasteiger partial charge is 0.387 e. The number of halogens is 4. The molecular weight excluding hydrogens is 420 g/mol. The van der Waals surface area contributed by atoms with Crippen molar-refractivity contribution in [3.05, 3.63) is 29.8 Å². The number of alkyl halides is 4. The van der Waals surface area contributed by atoms with Crippen LogP contribution in [0.4, 0.5) is 17.6 Å². The summed E-state index contributed by atoms with van der Waals surface area (Å²) in [6.07, 6.45) is 4.12. The lowest BCUT2D eigenvalue weighted by atomic mass is 10.0. The predicted octanol–water partition coefficient (Wildman–Crippen LogP) is 4.06. The van der Waals surface area contributed by atoms with Gasteiger partial charge < -0.3 is 19.7 Å². The number of amides is 2. The van der Waals surface area contributed by atoms with E-state index >= 15 is 0 Å². The second kappa shape index (κ2) is 11.6. The molecule has 0 aromatic heterocycles. The van der Waals surface area contributed by atoms with Gasteiger partial charge in [0.05, 0.1) is 0 Å².